The van der Waals surface area contributed by atoms with E-state index in [1.54, 1.807) is 0 Å². The largest absolute Gasteiger partial charge is 0.393 e. The van der Waals surface area contributed by atoms with Gasteiger partial charge in [-0.1, -0.05) is 30.3 Å². The zero-order chi connectivity index (χ0) is 12.3. The number of carbonyl (C=O) groups is 1. The molecule has 92 valence electrons. The lowest BCUT2D eigenvalue weighted by Gasteiger charge is -2.31. The number of hydrogen-bond donors (Lipinski definition) is 1. The fourth-order valence-electron chi connectivity index (χ4n) is 2.24. The Labute approximate surface area is 102 Å². The third-order valence-corrected chi connectivity index (χ3v) is 3.45. The molecule has 1 aliphatic rings. The molecule has 1 fully saturated rings. The van der Waals surface area contributed by atoms with Crippen molar-refractivity contribution >= 4 is 5.91 Å². The van der Waals surface area contributed by atoms with Gasteiger partial charge in [-0.15, -0.1) is 0 Å². The highest BCUT2D eigenvalue weighted by molar-refractivity contribution is 5.83. The predicted molar refractivity (Wildman–Crippen MR) is 66.7 cm³/mol. The lowest BCUT2D eigenvalue weighted by atomic mass is 9.98. The number of aliphatic hydroxyl groups is 1. The van der Waals surface area contributed by atoms with Gasteiger partial charge in [-0.3, -0.25) is 4.79 Å². The molecule has 0 radical (unpaired) electrons. The molecule has 0 spiro atoms. The Balaban J connectivity index is 2.00. The molecule has 1 amide bonds. The summed E-state index contributed by atoms with van der Waals surface area (Å²) >= 11 is 0. The standard InChI is InChI=1S/C14H19NO2/c1-11(12-5-3-2-4-6-12)14(17)15-9-7-13(16)8-10-15/h2-6,11,13,16H,7-10H2,1H3/t11-/m0/s1. The summed E-state index contributed by atoms with van der Waals surface area (Å²) in [5.74, 6) is 0.0783. The second-order valence-corrected chi connectivity index (χ2v) is 4.69. The molecular weight excluding hydrogens is 214 g/mol. The fraction of sp³-hybridized carbons (Fsp3) is 0.500. The Bertz CT molecular complexity index is 369. The van der Waals surface area contributed by atoms with E-state index in [4.69, 9.17) is 0 Å². The molecule has 1 saturated heterocycles. The maximum absolute atomic E-state index is 12.2. The predicted octanol–water partition coefficient (Wildman–Crippen LogP) is 1.77. The molecule has 2 rings (SSSR count). The summed E-state index contributed by atoms with van der Waals surface area (Å²) in [6.07, 6.45) is 1.17. The minimum Gasteiger partial charge on any atom is -0.393 e. The van der Waals surface area contributed by atoms with Crippen LogP contribution in [0.25, 0.3) is 0 Å². The number of piperidine rings is 1. The van der Waals surface area contributed by atoms with Crippen molar-refractivity contribution in [3.05, 3.63) is 35.9 Å². The molecule has 0 bridgehead atoms. The number of benzene rings is 1. The van der Waals surface area contributed by atoms with Crippen molar-refractivity contribution in [2.75, 3.05) is 13.1 Å². The van der Waals surface area contributed by atoms with Crippen LogP contribution in [0.5, 0.6) is 0 Å². The van der Waals surface area contributed by atoms with Crippen molar-refractivity contribution in [2.45, 2.75) is 31.8 Å². The van der Waals surface area contributed by atoms with Crippen LogP contribution in [0.3, 0.4) is 0 Å². The third-order valence-electron chi connectivity index (χ3n) is 3.45. The highest BCUT2D eigenvalue weighted by Gasteiger charge is 2.25. The summed E-state index contributed by atoms with van der Waals surface area (Å²) in [6, 6.07) is 9.85. The highest BCUT2D eigenvalue weighted by Crippen LogP contribution is 2.20. The van der Waals surface area contributed by atoms with Crippen LogP contribution in [0.15, 0.2) is 30.3 Å². The van der Waals surface area contributed by atoms with Crippen LogP contribution in [0.2, 0.25) is 0 Å². The minimum atomic E-state index is -0.230. The third kappa shape index (κ3) is 2.86. The molecular formula is C14H19NO2. The van der Waals surface area contributed by atoms with Crippen LogP contribution in [-0.2, 0) is 4.79 Å². The second-order valence-electron chi connectivity index (χ2n) is 4.69. The van der Waals surface area contributed by atoms with Crippen molar-refractivity contribution in [2.24, 2.45) is 0 Å². The SMILES string of the molecule is C[C@H](C(=O)N1CCC(O)CC1)c1ccccc1. The van der Waals surface area contributed by atoms with Gasteiger partial charge in [0.1, 0.15) is 0 Å². The highest BCUT2D eigenvalue weighted by atomic mass is 16.3. The Morgan fingerprint density at radius 1 is 1.29 bits per heavy atom. The Hall–Kier alpha value is -1.35. The molecule has 0 saturated carbocycles. The topological polar surface area (TPSA) is 40.5 Å². The quantitative estimate of drug-likeness (QED) is 0.845. The number of aliphatic hydroxyl groups excluding tert-OH is 1. The molecule has 1 aromatic rings. The Kier molecular flexibility index (Phi) is 3.79. The number of rotatable bonds is 2. The first-order chi connectivity index (χ1) is 8.18. The van der Waals surface area contributed by atoms with Crippen molar-refractivity contribution in [1.82, 2.24) is 4.90 Å². The lowest BCUT2D eigenvalue weighted by Crippen LogP contribution is -2.41. The van der Waals surface area contributed by atoms with E-state index in [9.17, 15) is 9.90 Å². The molecule has 1 atom stereocenters. The summed E-state index contributed by atoms with van der Waals surface area (Å²) in [4.78, 5) is 14.1. The molecule has 1 heterocycles. The lowest BCUT2D eigenvalue weighted by molar-refractivity contribution is -0.134. The van der Waals surface area contributed by atoms with E-state index < -0.39 is 0 Å². The van der Waals surface area contributed by atoms with E-state index in [0.717, 1.165) is 5.56 Å². The van der Waals surface area contributed by atoms with E-state index in [0.29, 0.717) is 25.9 Å². The summed E-state index contributed by atoms with van der Waals surface area (Å²) < 4.78 is 0. The van der Waals surface area contributed by atoms with Gasteiger partial charge in [0.25, 0.3) is 0 Å². The van der Waals surface area contributed by atoms with Gasteiger partial charge in [-0.25, -0.2) is 0 Å². The summed E-state index contributed by atoms with van der Waals surface area (Å²) in [5, 5.41) is 9.43. The molecule has 3 heteroatoms. The first-order valence-electron chi connectivity index (χ1n) is 6.20. The van der Waals surface area contributed by atoms with Crippen molar-refractivity contribution in [3.8, 4) is 0 Å². The Morgan fingerprint density at radius 3 is 2.47 bits per heavy atom. The van der Waals surface area contributed by atoms with Gasteiger partial charge in [0.15, 0.2) is 0 Å². The first kappa shape index (κ1) is 12.1. The zero-order valence-corrected chi connectivity index (χ0v) is 10.2. The van der Waals surface area contributed by atoms with Crippen LogP contribution in [-0.4, -0.2) is 35.1 Å². The summed E-state index contributed by atoms with van der Waals surface area (Å²) in [6.45, 7) is 3.30. The molecule has 1 aliphatic heterocycles. The van der Waals surface area contributed by atoms with Gasteiger partial charge in [0, 0.05) is 13.1 Å². The van der Waals surface area contributed by atoms with Gasteiger partial charge < -0.3 is 10.0 Å². The zero-order valence-electron chi connectivity index (χ0n) is 10.2. The number of nitrogens with zero attached hydrogens (tertiary/aromatic N) is 1. The van der Waals surface area contributed by atoms with E-state index in [-0.39, 0.29) is 17.9 Å². The van der Waals surface area contributed by atoms with E-state index >= 15 is 0 Å². The van der Waals surface area contributed by atoms with Crippen LogP contribution < -0.4 is 0 Å². The van der Waals surface area contributed by atoms with Crippen molar-refractivity contribution in [1.29, 1.82) is 0 Å². The molecule has 3 nitrogen and oxygen atoms in total. The van der Waals surface area contributed by atoms with E-state index in [2.05, 4.69) is 0 Å². The minimum absolute atomic E-state index is 0.0913. The van der Waals surface area contributed by atoms with Crippen molar-refractivity contribution < 1.29 is 9.90 Å². The number of likely N-dealkylation sites (tertiary alicyclic amines) is 1. The normalized spacial score (nSPS) is 19.1. The van der Waals surface area contributed by atoms with Gasteiger partial charge in [-0.2, -0.15) is 0 Å². The van der Waals surface area contributed by atoms with E-state index in [1.807, 2.05) is 42.2 Å². The average molecular weight is 233 g/mol. The summed E-state index contributed by atoms with van der Waals surface area (Å²) in [5.41, 5.74) is 1.06. The molecule has 0 unspecified atom stereocenters. The van der Waals surface area contributed by atoms with E-state index in [1.165, 1.54) is 0 Å². The van der Waals surface area contributed by atoms with Crippen LogP contribution in [0.4, 0.5) is 0 Å². The smallest absolute Gasteiger partial charge is 0.229 e. The molecule has 0 aliphatic carbocycles. The van der Waals surface area contributed by atoms with Gasteiger partial charge in [-0.05, 0) is 25.3 Å². The maximum atomic E-state index is 12.2. The van der Waals surface area contributed by atoms with Gasteiger partial charge >= 0.3 is 0 Å². The first-order valence-corrected chi connectivity index (χ1v) is 6.20. The molecule has 1 aromatic carbocycles. The Morgan fingerprint density at radius 2 is 1.88 bits per heavy atom. The number of amides is 1. The number of hydrogen-bond acceptors (Lipinski definition) is 2. The average Bonchev–Trinajstić information content (AvgIpc) is 2.39. The van der Waals surface area contributed by atoms with Gasteiger partial charge in [0.2, 0.25) is 5.91 Å². The molecule has 0 aromatic heterocycles. The van der Waals surface area contributed by atoms with Crippen LogP contribution >= 0.6 is 0 Å². The molecule has 1 N–H and O–H groups in total. The van der Waals surface area contributed by atoms with Gasteiger partial charge in [0.05, 0.1) is 12.0 Å². The van der Waals surface area contributed by atoms with Crippen LogP contribution in [0.1, 0.15) is 31.2 Å². The van der Waals surface area contributed by atoms with Crippen molar-refractivity contribution in [3.63, 3.8) is 0 Å². The summed E-state index contributed by atoms with van der Waals surface area (Å²) in [7, 11) is 0. The molecule has 17 heavy (non-hydrogen) atoms. The number of carbonyl (C=O) groups excluding carboxylic acids is 1. The van der Waals surface area contributed by atoms with Crippen LogP contribution in [0, 0.1) is 0 Å². The fourth-order valence-corrected chi connectivity index (χ4v) is 2.24. The second kappa shape index (κ2) is 5.32. The maximum Gasteiger partial charge on any atom is 0.229 e. The monoisotopic (exact) mass is 233 g/mol.